The summed E-state index contributed by atoms with van der Waals surface area (Å²) in [4.78, 5) is 2.89. The molecule has 2 saturated carbocycles. The van der Waals surface area contributed by atoms with Gasteiger partial charge in [0.05, 0.1) is 0 Å². The van der Waals surface area contributed by atoms with E-state index in [1.165, 1.54) is 58.0 Å². The van der Waals surface area contributed by atoms with Gasteiger partial charge in [0, 0.05) is 31.2 Å². The third kappa shape index (κ3) is 2.75. The molecule has 2 atom stereocenters. The highest BCUT2D eigenvalue weighted by atomic mass is 15.3. The number of rotatable bonds is 3. The molecule has 2 heteroatoms. The molecule has 104 valence electrons. The normalized spacial score (nSPS) is 43.0. The van der Waals surface area contributed by atoms with Gasteiger partial charge in [-0.05, 0) is 56.8 Å². The maximum Gasteiger partial charge on any atom is 0.0224 e. The quantitative estimate of drug-likeness (QED) is 0.828. The minimum absolute atomic E-state index is 0.804. The van der Waals surface area contributed by atoms with Crippen molar-refractivity contribution in [3.05, 3.63) is 0 Å². The Hall–Kier alpha value is -0.0800. The Morgan fingerprint density at radius 2 is 1.78 bits per heavy atom. The summed E-state index contributed by atoms with van der Waals surface area (Å²) < 4.78 is 0. The van der Waals surface area contributed by atoms with Gasteiger partial charge in [-0.15, -0.1) is 0 Å². The predicted octanol–water partition coefficient (Wildman–Crippen LogP) is 3.03. The fourth-order valence-electron chi connectivity index (χ4n) is 4.06. The van der Waals surface area contributed by atoms with Gasteiger partial charge in [-0.3, -0.25) is 4.90 Å². The Bertz CT molecular complexity index is 266. The van der Waals surface area contributed by atoms with E-state index in [4.69, 9.17) is 0 Å². The number of piperazine rings is 1. The second-order valence-corrected chi connectivity index (χ2v) is 7.02. The van der Waals surface area contributed by atoms with Gasteiger partial charge in [-0.2, -0.15) is 0 Å². The summed E-state index contributed by atoms with van der Waals surface area (Å²) in [6.45, 7) is 7.37. The standard InChI is InChI=1S/C16H30N2/c1-3-14-10-17-16(13-6-7-13)11-18(14)15-8-4-12(2)5-9-15/h12-17H,3-11H2,1-2H3. The molecule has 0 bridgehead atoms. The van der Waals surface area contributed by atoms with E-state index < -0.39 is 0 Å². The van der Waals surface area contributed by atoms with Crippen molar-refractivity contribution in [3.8, 4) is 0 Å². The molecular formula is C16H30N2. The molecular weight excluding hydrogens is 220 g/mol. The van der Waals surface area contributed by atoms with Crippen molar-refractivity contribution in [1.29, 1.82) is 0 Å². The average Bonchev–Trinajstić information content (AvgIpc) is 3.23. The molecule has 3 aliphatic rings. The van der Waals surface area contributed by atoms with E-state index in [0.717, 1.165) is 30.0 Å². The average molecular weight is 250 g/mol. The van der Waals surface area contributed by atoms with Gasteiger partial charge in [0.1, 0.15) is 0 Å². The van der Waals surface area contributed by atoms with Crippen LogP contribution >= 0.6 is 0 Å². The Labute approximate surface area is 113 Å². The van der Waals surface area contributed by atoms with Gasteiger partial charge < -0.3 is 5.32 Å². The summed E-state index contributed by atoms with van der Waals surface area (Å²) >= 11 is 0. The molecule has 1 heterocycles. The molecule has 0 aromatic heterocycles. The molecule has 0 amide bonds. The highest BCUT2D eigenvalue weighted by molar-refractivity contribution is 4.96. The molecule has 0 spiro atoms. The zero-order valence-electron chi connectivity index (χ0n) is 12.2. The van der Waals surface area contributed by atoms with Crippen LogP contribution in [0, 0.1) is 11.8 Å². The Kier molecular flexibility index (Phi) is 3.95. The van der Waals surface area contributed by atoms with Crippen LogP contribution in [0.5, 0.6) is 0 Å². The van der Waals surface area contributed by atoms with Crippen LogP contribution in [0.2, 0.25) is 0 Å². The topological polar surface area (TPSA) is 15.3 Å². The summed E-state index contributed by atoms with van der Waals surface area (Å²) in [6.07, 6.45) is 10.1. The van der Waals surface area contributed by atoms with Crippen LogP contribution in [0.1, 0.15) is 58.8 Å². The first-order valence-electron chi connectivity index (χ1n) is 8.27. The monoisotopic (exact) mass is 250 g/mol. The van der Waals surface area contributed by atoms with E-state index in [-0.39, 0.29) is 0 Å². The van der Waals surface area contributed by atoms with Gasteiger partial charge >= 0.3 is 0 Å². The SMILES string of the molecule is CCC1CNC(C2CC2)CN1C1CCC(C)CC1. The molecule has 3 rings (SSSR count). The third-order valence-electron chi connectivity index (χ3n) is 5.61. The molecule has 0 aromatic rings. The van der Waals surface area contributed by atoms with Crippen LogP contribution in [-0.2, 0) is 0 Å². The maximum absolute atomic E-state index is 3.82. The minimum Gasteiger partial charge on any atom is -0.311 e. The summed E-state index contributed by atoms with van der Waals surface area (Å²) in [5.74, 6) is 1.98. The van der Waals surface area contributed by atoms with E-state index in [2.05, 4.69) is 24.1 Å². The van der Waals surface area contributed by atoms with Crippen LogP contribution < -0.4 is 5.32 Å². The first-order valence-corrected chi connectivity index (χ1v) is 8.27. The predicted molar refractivity (Wildman–Crippen MR) is 76.7 cm³/mol. The lowest BCUT2D eigenvalue weighted by Gasteiger charge is -2.46. The summed E-state index contributed by atoms with van der Waals surface area (Å²) in [6, 6.07) is 2.51. The zero-order chi connectivity index (χ0) is 12.5. The number of hydrogen-bond acceptors (Lipinski definition) is 2. The molecule has 18 heavy (non-hydrogen) atoms. The van der Waals surface area contributed by atoms with E-state index in [1.807, 2.05) is 0 Å². The molecule has 0 aromatic carbocycles. The molecule has 2 aliphatic carbocycles. The van der Waals surface area contributed by atoms with Crippen molar-refractivity contribution in [2.75, 3.05) is 13.1 Å². The Morgan fingerprint density at radius 1 is 1.06 bits per heavy atom. The van der Waals surface area contributed by atoms with Crippen molar-refractivity contribution in [2.24, 2.45) is 11.8 Å². The van der Waals surface area contributed by atoms with Gasteiger partial charge in [0.15, 0.2) is 0 Å². The largest absolute Gasteiger partial charge is 0.311 e. The van der Waals surface area contributed by atoms with Gasteiger partial charge in [0.2, 0.25) is 0 Å². The minimum atomic E-state index is 0.804. The maximum atomic E-state index is 3.82. The van der Waals surface area contributed by atoms with Gasteiger partial charge in [0.25, 0.3) is 0 Å². The summed E-state index contributed by atoms with van der Waals surface area (Å²) in [5.41, 5.74) is 0. The lowest BCUT2D eigenvalue weighted by Crippen LogP contribution is -2.60. The van der Waals surface area contributed by atoms with Crippen LogP contribution in [0.15, 0.2) is 0 Å². The zero-order valence-corrected chi connectivity index (χ0v) is 12.2. The van der Waals surface area contributed by atoms with Crippen molar-refractivity contribution in [2.45, 2.75) is 76.9 Å². The molecule has 1 saturated heterocycles. The highest BCUT2D eigenvalue weighted by Gasteiger charge is 2.39. The molecule has 1 N–H and O–H groups in total. The van der Waals surface area contributed by atoms with E-state index in [1.54, 1.807) is 0 Å². The molecule has 3 fully saturated rings. The van der Waals surface area contributed by atoms with Crippen LogP contribution in [-0.4, -0.2) is 36.1 Å². The summed E-state index contributed by atoms with van der Waals surface area (Å²) in [5, 5.41) is 3.82. The molecule has 2 unspecified atom stereocenters. The number of nitrogens with one attached hydrogen (secondary N) is 1. The van der Waals surface area contributed by atoms with Crippen molar-refractivity contribution in [3.63, 3.8) is 0 Å². The van der Waals surface area contributed by atoms with Gasteiger partial charge in [-0.1, -0.05) is 13.8 Å². The fourth-order valence-corrected chi connectivity index (χ4v) is 4.06. The second-order valence-electron chi connectivity index (χ2n) is 7.02. The lowest BCUT2D eigenvalue weighted by atomic mass is 9.85. The summed E-state index contributed by atoms with van der Waals surface area (Å²) in [7, 11) is 0. The highest BCUT2D eigenvalue weighted by Crippen LogP contribution is 2.36. The van der Waals surface area contributed by atoms with Crippen LogP contribution in [0.3, 0.4) is 0 Å². The lowest BCUT2D eigenvalue weighted by molar-refractivity contribution is 0.0483. The first kappa shape index (κ1) is 12.9. The fraction of sp³-hybridized carbons (Fsp3) is 1.00. The molecule has 1 aliphatic heterocycles. The van der Waals surface area contributed by atoms with Crippen molar-refractivity contribution < 1.29 is 0 Å². The third-order valence-corrected chi connectivity index (χ3v) is 5.61. The van der Waals surface area contributed by atoms with E-state index >= 15 is 0 Å². The second kappa shape index (κ2) is 5.50. The van der Waals surface area contributed by atoms with E-state index in [9.17, 15) is 0 Å². The molecule has 2 nitrogen and oxygen atoms in total. The number of hydrogen-bond donors (Lipinski definition) is 1. The van der Waals surface area contributed by atoms with Crippen LogP contribution in [0.4, 0.5) is 0 Å². The molecule has 0 radical (unpaired) electrons. The smallest absolute Gasteiger partial charge is 0.0224 e. The Balaban J connectivity index is 1.62. The van der Waals surface area contributed by atoms with Crippen molar-refractivity contribution >= 4 is 0 Å². The number of nitrogens with zero attached hydrogens (tertiary/aromatic N) is 1. The Morgan fingerprint density at radius 3 is 2.39 bits per heavy atom. The van der Waals surface area contributed by atoms with E-state index in [0.29, 0.717) is 0 Å². The van der Waals surface area contributed by atoms with Gasteiger partial charge in [-0.25, -0.2) is 0 Å². The van der Waals surface area contributed by atoms with Crippen LogP contribution in [0.25, 0.3) is 0 Å². The first-order chi connectivity index (χ1) is 8.78. The van der Waals surface area contributed by atoms with Crippen molar-refractivity contribution in [1.82, 2.24) is 10.2 Å².